The Labute approximate surface area is 123 Å². The van der Waals surface area contributed by atoms with Gasteiger partial charge in [-0.1, -0.05) is 12.1 Å². The number of aryl methyl sites for hydroxylation is 1. The van der Waals surface area contributed by atoms with Gasteiger partial charge < -0.3 is 5.11 Å². The van der Waals surface area contributed by atoms with Crippen molar-refractivity contribution in [3.05, 3.63) is 29.6 Å². The molecule has 0 aromatic heterocycles. The Morgan fingerprint density at radius 2 is 2.19 bits per heavy atom. The largest absolute Gasteiger partial charge is 0.481 e. The fourth-order valence-corrected chi connectivity index (χ4v) is 4.76. The molecule has 1 aliphatic rings. The highest BCUT2D eigenvalue weighted by Gasteiger charge is 2.37. The number of carboxylic acids is 1. The van der Waals surface area contributed by atoms with Gasteiger partial charge in [-0.3, -0.25) is 4.79 Å². The van der Waals surface area contributed by atoms with E-state index in [1.807, 2.05) is 0 Å². The molecule has 1 atom stereocenters. The Hall–Kier alpha value is -1.47. The molecule has 1 aromatic carbocycles. The van der Waals surface area contributed by atoms with Crippen LogP contribution in [0.4, 0.5) is 4.39 Å². The lowest BCUT2D eigenvalue weighted by Crippen LogP contribution is -2.36. The number of benzene rings is 1. The van der Waals surface area contributed by atoms with Crippen molar-refractivity contribution in [2.75, 3.05) is 6.54 Å². The van der Waals surface area contributed by atoms with Crippen molar-refractivity contribution in [3.63, 3.8) is 0 Å². The number of aliphatic carboxylic acids is 1. The first-order valence-corrected chi connectivity index (χ1v) is 8.27. The molecule has 1 heterocycles. The van der Waals surface area contributed by atoms with E-state index in [1.165, 1.54) is 10.4 Å². The maximum absolute atomic E-state index is 13.9. The van der Waals surface area contributed by atoms with Crippen molar-refractivity contribution in [2.24, 2.45) is 0 Å². The van der Waals surface area contributed by atoms with Gasteiger partial charge in [0.25, 0.3) is 0 Å². The van der Waals surface area contributed by atoms with E-state index in [0.29, 0.717) is 24.9 Å². The molecule has 0 amide bonds. The molecule has 0 saturated carbocycles. The summed E-state index contributed by atoms with van der Waals surface area (Å²) in [5.74, 6) is -1.72. The summed E-state index contributed by atoms with van der Waals surface area (Å²) < 4.78 is 40.5. The van der Waals surface area contributed by atoms with Gasteiger partial charge >= 0.3 is 5.97 Å². The molecule has 1 aliphatic heterocycles. The first-order chi connectivity index (χ1) is 9.84. The minimum absolute atomic E-state index is 0.0903. The molecular weight excluding hydrogens is 297 g/mol. The zero-order valence-electron chi connectivity index (χ0n) is 11.8. The van der Waals surface area contributed by atoms with Crippen LogP contribution in [0.3, 0.4) is 0 Å². The summed E-state index contributed by atoms with van der Waals surface area (Å²) >= 11 is 0. The molecule has 2 rings (SSSR count). The SMILES string of the molecule is Cc1cccc(F)c1S(=O)(=O)N1CCCC1CCC(=O)O. The maximum Gasteiger partial charge on any atom is 0.303 e. The predicted molar refractivity (Wildman–Crippen MR) is 74.9 cm³/mol. The van der Waals surface area contributed by atoms with E-state index >= 15 is 0 Å². The van der Waals surface area contributed by atoms with Crippen LogP contribution in [0.5, 0.6) is 0 Å². The fraction of sp³-hybridized carbons (Fsp3) is 0.500. The van der Waals surface area contributed by atoms with Gasteiger partial charge in [-0.05, 0) is 37.8 Å². The lowest BCUT2D eigenvalue weighted by molar-refractivity contribution is -0.137. The number of hydrogen-bond acceptors (Lipinski definition) is 3. The van der Waals surface area contributed by atoms with Gasteiger partial charge in [-0.25, -0.2) is 12.8 Å². The van der Waals surface area contributed by atoms with Gasteiger partial charge in [-0.2, -0.15) is 4.31 Å². The zero-order valence-corrected chi connectivity index (χ0v) is 12.6. The van der Waals surface area contributed by atoms with Crippen LogP contribution in [-0.2, 0) is 14.8 Å². The molecule has 1 N–H and O–H groups in total. The van der Waals surface area contributed by atoms with Gasteiger partial charge in [0.2, 0.25) is 10.0 Å². The number of rotatable bonds is 5. The summed E-state index contributed by atoms with van der Waals surface area (Å²) in [5.41, 5.74) is 0.360. The van der Waals surface area contributed by atoms with Crippen LogP contribution < -0.4 is 0 Å². The summed E-state index contributed by atoms with van der Waals surface area (Å²) in [6, 6.07) is 3.78. The van der Waals surface area contributed by atoms with E-state index in [4.69, 9.17) is 5.11 Å². The summed E-state index contributed by atoms with van der Waals surface area (Å²) in [6.45, 7) is 1.86. The summed E-state index contributed by atoms with van der Waals surface area (Å²) in [7, 11) is -3.93. The molecule has 0 radical (unpaired) electrons. The lowest BCUT2D eigenvalue weighted by Gasteiger charge is -2.24. The van der Waals surface area contributed by atoms with Crippen LogP contribution in [0.1, 0.15) is 31.2 Å². The van der Waals surface area contributed by atoms with Crippen LogP contribution in [0.25, 0.3) is 0 Å². The van der Waals surface area contributed by atoms with Gasteiger partial charge in [-0.15, -0.1) is 0 Å². The molecule has 21 heavy (non-hydrogen) atoms. The van der Waals surface area contributed by atoms with Crippen molar-refractivity contribution in [1.29, 1.82) is 0 Å². The highest BCUT2D eigenvalue weighted by atomic mass is 32.2. The molecule has 1 saturated heterocycles. The van der Waals surface area contributed by atoms with E-state index in [-0.39, 0.29) is 23.8 Å². The fourth-order valence-electron chi connectivity index (χ4n) is 2.76. The Bertz CT molecular complexity index is 624. The number of sulfonamides is 1. The Morgan fingerprint density at radius 1 is 1.48 bits per heavy atom. The van der Waals surface area contributed by atoms with E-state index in [1.54, 1.807) is 13.0 Å². The van der Waals surface area contributed by atoms with Crippen LogP contribution >= 0.6 is 0 Å². The average molecular weight is 315 g/mol. The summed E-state index contributed by atoms with van der Waals surface area (Å²) in [4.78, 5) is 10.4. The smallest absolute Gasteiger partial charge is 0.303 e. The molecule has 0 bridgehead atoms. The van der Waals surface area contributed by atoms with E-state index < -0.39 is 21.8 Å². The molecular formula is C14H18FNO4S. The molecule has 1 aromatic rings. The van der Waals surface area contributed by atoms with Crippen molar-refractivity contribution < 1.29 is 22.7 Å². The van der Waals surface area contributed by atoms with E-state index in [0.717, 1.165) is 6.07 Å². The van der Waals surface area contributed by atoms with Gasteiger partial charge in [0, 0.05) is 19.0 Å². The third-order valence-electron chi connectivity index (χ3n) is 3.75. The molecule has 1 unspecified atom stereocenters. The predicted octanol–water partition coefficient (Wildman–Crippen LogP) is 2.15. The number of carboxylic acid groups (broad SMARTS) is 1. The normalized spacial score (nSPS) is 19.8. The van der Waals surface area contributed by atoms with Crippen molar-refractivity contribution >= 4 is 16.0 Å². The molecule has 5 nitrogen and oxygen atoms in total. The van der Waals surface area contributed by atoms with Crippen molar-refractivity contribution in [2.45, 2.75) is 43.5 Å². The third-order valence-corrected chi connectivity index (χ3v) is 5.88. The molecule has 116 valence electrons. The minimum atomic E-state index is -3.93. The van der Waals surface area contributed by atoms with Crippen LogP contribution in [0, 0.1) is 12.7 Å². The number of carbonyl (C=O) groups is 1. The first kappa shape index (κ1) is 15.9. The number of nitrogens with zero attached hydrogens (tertiary/aromatic N) is 1. The molecule has 1 fully saturated rings. The van der Waals surface area contributed by atoms with E-state index in [2.05, 4.69) is 0 Å². The minimum Gasteiger partial charge on any atom is -0.481 e. The van der Waals surface area contributed by atoms with Crippen LogP contribution in [0.2, 0.25) is 0 Å². The number of hydrogen-bond donors (Lipinski definition) is 1. The molecule has 7 heteroatoms. The molecule has 0 spiro atoms. The Kier molecular flexibility index (Phi) is 4.63. The van der Waals surface area contributed by atoms with Crippen molar-refractivity contribution in [1.82, 2.24) is 4.31 Å². The number of halogens is 1. The monoisotopic (exact) mass is 315 g/mol. The zero-order chi connectivity index (χ0) is 15.6. The average Bonchev–Trinajstić information content (AvgIpc) is 2.84. The second kappa shape index (κ2) is 6.11. The summed E-state index contributed by atoms with van der Waals surface area (Å²) in [6.07, 6.45) is 1.44. The highest BCUT2D eigenvalue weighted by molar-refractivity contribution is 7.89. The topological polar surface area (TPSA) is 74.7 Å². The second-order valence-corrected chi connectivity index (χ2v) is 7.06. The lowest BCUT2D eigenvalue weighted by atomic mass is 10.1. The van der Waals surface area contributed by atoms with Gasteiger partial charge in [0.05, 0.1) is 0 Å². The quantitative estimate of drug-likeness (QED) is 0.903. The third kappa shape index (κ3) is 3.24. The molecule has 0 aliphatic carbocycles. The van der Waals surface area contributed by atoms with Gasteiger partial charge in [0.15, 0.2) is 0 Å². The Morgan fingerprint density at radius 3 is 2.81 bits per heavy atom. The van der Waals surface area contributed by atoms with E-state index in [9.17, 15) is 17.6 Å². The van der Waals surface area contributed by atoms with Crippen LogP contribution in [-0.4, -0.2) is 36.4 Å². The van der Waals surface area contributed by atoms with Crippen molar-refractivity contribution in [3.8, 4) is 0 Å². The summed E-state index contributed by atoms with van der Waals surface area (Å²) in [5, 5.41) is 8.74. The second-order valence-electron chi connectivity index (χ2n) is 5.23. The standard InChI is InChI=1S/C14H18FNO4S/c1-10-4-2-6-12(15)14(10)21(19,20)16-9-3-5-11(16)7-8-13(17)18/h2,4,6,11H,3,5,7-9H2,1H3,(H,17,18). The maximum atomic E-state index is 13.9. The highest BCUT2D eigenvalue weighted by Crippen LogP contribution is 2.31. The Balaban J connectivity index is 2.32. The first-order valence-electron chi connectivity index (χ1n) is 6.83. The van der Waals surface area contributed by atoms with Crippen LogP contribution in [0.15, 0.2) is 23.1 Å². The van der Waals surface area contributed by atoms with Gasteiger partial charge in [0.1, 0.15) is 10.7 Å².